The van der Waals surface area contributed by atoms with Crippen molar-refractivity contribution in [2.75, 3.05) is 0 Å². The molecule has 0 bridgehead atoms. The predicted molar refractivity (Wildman–Crippen MR) is 49.7 cm³/mol. The molecule has 0 aliphatic carbocycles. The molecule has 1 atom stereocenters. The normalized spacial score (nSPS) is 12.8. The highest BCUT2D eigenvalue weighted by Gasteiger charge is 1.96. The Balaban J connectivity index is 2.57. The van der Waals surface area contributed by atoms with Gasteiger partial charge in [-0.15, -0.1) is 0 Å². The standard InChI is InChI=1S/C7H7BrO3S/c8-7-3-1-2-6(4-7)5-11-12(9)10/h1-4H,5H2,(H,9,10). The summed E-state index contributed by atoms with van der Waals surface area (Å²) in [6.07, 6.45) is 0. The Morgan fingerprint density at radius 2 is 2.33 bits per heavy atom. The number of rotatable bonds is 3. The summed E-state index contributed by atoms with van der Waals surface area (Å²) in [5.41, 5.74) is 0.853. The minimum Gasteiger partial charge on any atom is -0.284 e. The molecule has 0 heterocycles. The van der Waals surface area contributed by atoms with E-state index in [1.54, 1.807) is 0 Å². The third-order valence-corrected chi connectivity index (χ3v) is 2.03. The number of hydrogen-bond acceptors (Lipinski definition) is 2. The minimum atomic E-state index is -2.19. The van der Waals surface area contributed by atoms with Crippen molar-refractivity contribution < 1.29 is 12.9 Å². The Bertz CT molecular complexity index is 290. The quantitative estimate of drug-likeness (QED) is 0.837. The van der Waals surface area contributed by atoms with Crippen LogP contribution in [0.25, 0.3) is 0 Å². The molecule has 0 saturated heterocycles. The van der Waals surface area contributed by atoms with Crippen molar-refractivity contribution in [2.45, 2.75) is 6.61 Å². The van der Waals surface area contributed by atoms with Crippen molar-refractivity contribution in [2.24, 2.45) is 0 Å². The van der Waals surface area contributed by atoms with Gasteiger partial charge < -0.3 is 0 Å². The second kappa shape index (κ2) is 4.71. The average molecular weight is 251 g/mol. The lowest BCUT2D eigenvalue weighted by Gasteiger charge is -1.99. The zero-order valence-electron chi connectivity index (χ0n) is 6.07. The van der Waals surface area contributed by atoms with Gasteiger partial charge in [0.25, 0.3) is 0 Å². The molecule has 0 aliphatic heterocycles. The van der Waals surface area contributed by atoms with Gasteiger partial charge in [-0.25, -0.2) is 0 Å². The molecule has 1 unspecified atom stereocenters. The van der Waals surface area contributed by atoms with E-state index in [1.165, 1.54) is 0 Å². The molecular formula is C7H7BrO3S. The molecule has 5 heteroatoms. The van der Waals surface area contributed by atoms with E-state index in [2.05, 4.69) is 20.1 Å². The van der Waals surface area contributed by atoms with Gasteiger partial charge in [0.2, 0.25) is 0 Å². The van der Waals surface area contributed by atoms with Gasteiger partial charge in [0.05, 0.1) is 6.61 Å². The maximum atomic E-state index is 10.1. The van der Waals surface area contributed by atoms with Gasteiger partial charge in [0, 0.05) is 4.47 Å². The summed E-state index contributed by atoms with van der Waals surface area (Å²) in [5.74, 6) is 0. The molecule has 1 rings (SSSR count). The van der Waals surface area contributed by atoms with Gasteiger partial charge in [-0.3, -0.25) is 8.74 Å². The van der Waals surface area contributed by atoms with E-state index >= 15 is 0 Å². The maximum Gasteiger partial charge on any atom is 0.302 e. The van der Waals surface area contributed by atoms with Crippen LogP contribution in [0.2, 0.25) is 0 Å². The third kappa shape index (κ3) is 3.44. The lowest BCUT2D eigenvalue weighted by Crippen LogP contribution is -1.95. The van der Waals surface area contributed by atoms with Crippen molar-refractivity contribution in [1.29, 1.82) is 0 Å². The first-order valence-corrected chi connectivity index (χ1v) is 4.99. The van der Waals surface area contributed by atoms with Crippen LogP contribution in [-0.4, -0.2) is 8.76 Å². The van der Waals surface area contributed by atoms with E-state index in [1.807, 2.05) is 24.3 Å². The first-order valence-electron chi connectivity index (χ1n) is 3.17. The van der Waals surface area contributed by atoms with Crippen molar-refractivity contribution in [3.63, 3.8) is 0 Å². The molecule has 0 fully saturated rings. The summed E-state index contributed by atoms with van der Waals surface area (Å²) in [6, 6.07) is 7.35. The molecule has 66 valence electrons. The van der Waals surface area contributed by atoms with Gasteiger partial charge in [0.15, 0.2) is 0 Å². The van der Waals surface area contributed by atoms with E-state index in [0.717, 1.165) is 10.0 Å². The highest BCUT2D eigenvalue weighted by molar-refractivity contribution is 9.10. The largest absolute Gasteiger partial charge is 0.302 e. The van der Waals surface area contributed by atoms with E-state index in [-0.39, 0.29) is 6.61 Å². The van der Waals surface area contributed by atoms with Crippen LogP contribution in [-0.2, 0) is 22.2 Å². The highest BCUT2D eigenvalue weighted by Crippen LogP contribution is 2.12. The molecule has 1 aromatic rings. The summed E-state index contributed by atoms with van der Waals surface area (Å²) < 4.78 is 23.9. The van der Waals surface area contributed by atoms with E-state index in [4.69, 9.17) is 4.55 Å². The lowest BCUT2D eigenvalue weighted by molar-refractivity contribution is 0.297. The molecule has 1 aromatic carbocycles. The Kier molecular flexibility index (Phi) is 3.87. The third-order valence-electron chi connectivity index (χ3n) is 1.22. The summed E-state index contributed by atoms with van der Waals surface area (Å²) in [4.78, 5) is 0. The molecule has 1 N–H and O–H groups in total. The summed E-state index contributed by atoms with van der Waals surface area (Å²) in [5, 5.41) is 0. The Labute approximate surface area is 81.4 Å². The fourth-order valence-corrected chi connectivity index (χ4v) is 1.43. The van der Waals surface area contributed by atoms with Crippen LogP contribution in [0.15, 0.2) is 28.7 Å². The molecule has 0 spiro atoms. The Morgan fingerprint density at radius 1 is 1.58 bits per heavy atom. The first kappa shape index (κ1) is 9.85. The van der Waals surface area contributed by atoms with Gasteiger partial charge in [-0.2, -0.15) is 4.21 Å². The molecule has 0 amide bonds. The van der Waals surface area contributed by atoms with E-state index in [0.29, 0.717) is 0 Å². The monoisotopic (exact) mass is 250 g/mol. The Morgan fingerprint density at radius 3 is 2.92 bits per heavy atom. The van der Waals surface area contributed by atoms with Crippen molar-refractivity contribution >= 4 is 27.3 Å². The second-order valence-corrected chi connectivity index (χ2v) is 3.69. The zero-order chi connectivity index (χ0) is 8.97. The number of hydrogen-bond donors (Lipinski definition) is 1. The smallest absolute Gasteiger partial charge is 0.284 e. The van der Waals surface area contributed by atoms with Crippen molar-refractivity contribution in [3.8, 4) is 0 Å². The average Bonchev–Trinajstić information content (AvgIpc) is 2.01. The second-order valence-electron chi connectivity index (χ2n) is 2.11. The molecule has 3 nitrogen and oxygen atoms in total. The molecule has 0 aromatic heterocycles. The predicted octanol–water partition coefficient (Wildman–Crippen LogP) is 2.10. The summed E-state index contributed by atoms with van der Waals surface area (Å²) in [7, 11) is 0. The molecule has 0 radical (unpaired) electrons. The first-order chi connectivity index (χ1) is 5.68. The fourth-order valence-electron chi connectivity index (χ4n) is 0.745. The molecule has 0 aliphatic rings. The van der Waals surface area contributed by atoms with E-state index in [9.17, 15) is 4.21 Å². The van der Waals surface area contributed by atoms with Crippen LogP contribution in [0.5, 0.6) is 0 Å². The Hall–Kier alpha value is -0.230. The topological polar surface area (TPSA) is 46.5 Å². The van der Waals surface area contributed by atoms with Gasteiger partial charge in [-0.1, -0.05) is 28.1 Å². The van der Waals surface area contributed by atoms with Crippen molar-refractivity contribution in [3.05, 3.63) is 34.3 Å². The van der Waals surface area contributed by atoms with Crippen LogP contribution < -0.4 is 0 Å². The van der Waals surface area contributed by atoms with E-state index < -0.39 is 11.4 Å². The summed E-state index contributed by atoms with van der Waals surface area (Å²) >= 11 is 1.09. The van der Waals surface area contributed by atoms with Gasteiger partial charge in [-0.05, 0) is 17.7 Å². The van der Waals surface area contributed by atoms with Crippen LogP contribution in [0.4, 0.5) is 0 Å². The SMILES string of the molecule is O=S(O)OCc1cccc(Br)c1. The molecular weight excluding hydrogens is 244 g/mol. The molecule has 12 heavy (non-hydrogen) atoms. The van der Waals surface area contributed by atoms with Gasteiger partial charge >= 0.3 is 11.4 Å². The fraction of sp³-hybridized carbons (Fsp3) is 0.143. The van der Waals surface area contributed by atoms with Crippen molar-refractivity contribution in [1.82, 2.24) is 0 Å². The van der Waals surface area contributed by atoms with Crippen LogP contribution in [0.1, 0.15) is 5.56 Å². The minimum absolute atomic E-state index is 0.141. The van der Waals surface area contributed by atoms with Crippen LogP contribution >= 0.6 is 15.9 Å². The number of halogens is 1. The summed E-state index contributed by atoms with van der Waals surface area (Å²) in [6.45, 7) is 0.141. The molecule has 0 saturated carbocycles. The van der Waals surface area contributed by atoms with Crippen LogP contribution in [0, 0.1) is 0 Å². The van der Waals surface area contributed by atoms with Gasteiger partial charge in [0.1, 0.15) is 0 Å². The zero-order valence-corrected chi connectivity index (χ0v) is 8.47. The van der Waals surface area contributed by atoms with Crippen LogP contribution in [0.3, 0.4) is 0 Å². The highest BCUT2D eigenvalue weighted by atomic mass is 79.9. The lowest BCUT2D eigenvalue weighted by atomic mass is 10.2. The maximum absolute atomic E-state index is 10.1. The number of benzene rings is 1.